The van der Waals surface area contributed by atoms with Crippen LogP contribution in [0.1, 0.15) is 74.4 Å². The van der Waals surface area contributed by atoms with E-state index in [9.17, 15) is 0 Å². The molecule has 3 fully saturated rings. The van der Waals surface area contributed by atoms with Gasteiger partial charge in [0, 0.05) is 24.9 Å². The van der Waals surface area contributed by atoms with Crippen molar-refractivity contribution in [2.45, 2.75) is 70.6 Å². The average Bonchev–Trinajstić information content (AvgIpc) is 3.35. The molecule has 6 rings (SSSR count). The number of rotatable bonds is 7. The molecule has 2 bridgehead atoms. The number of nitrogens with zero attached hydrogens (tertiary/aromatic N) is 2. The molecule has 33 heavy (non-hydrogen) atoms. The summed E-state index contributed by atoms with van der Waals surface area (Å²) in [5, 5.41) is 4.89. The Labute approximate surface area is 201 Å². The second kappa shape index (κ2) is 8.75. The summed E-state index contributed by atoms with van der Waals surface area (Å²) in [4.78, 5) is 10.4. The van der Waals surface area contributed by atoms with Crippen LogP contribution in [-0.4, -0.2) is 23.6 Å². The lowest BCUT2D eigenvalue weighted by molar-refractivity contribution is 0.0505. The van der Waals surface area contributed by atoms with Crippen molar-refractivity contribution >= 4 is 17.2 Å². The molecule has 0 unspecified atom stereocenters. The average molecular weight is 462 g/mol. The van der Waals surface area contributed by atoms with Gasteiger partial charge in [0.1, 0.15) is 11.6 Å². The third-order valence-electron chi connectivity index (χ3n) is 8.12. The third-order valence-corrected chi connectivity index (χ3v) is 9.46. The van der Waals surface area contributed by atoms with Gasteiger partial charge in [-0.2, -0.15) is 0 Å². The Balaban J connectivity index is 1.25. The van der Waals surface area contributed by atoms with Crippen LogP contribution >= 0.6 is 11.3 Å². The number of methoxy groups -OCH3 is 1. The van der Waals surface area contributed by atoms with Gasteiger partial charge in [0.25, 0.3) is 0 Å². The molecular formula is C28H35N3OS. The van der Waals surface area contributed by atoms with Crippen LogP contribution in [0.3, 0.4) is 0 Å². The van der Waals surface area contributed by atoms with Gasteiger partial charge >= 0.3 is 0 Å². The standard InChI is InChI=1S/C28H35N3OS/c1-19(2)26-30-17-24(33-26)21-7-14-29-25(16-21)31-18-27-8-11-28(12-9-27,13-10-27)22-5-6-23(32-4)20(3)15-22/h5-7,14-17,19H,8-13,18H2,1-4H3,(H,29,31). The second-order valence-corrected chi connectivity index (χ2v) is 11.5. The molecule has 3 aliphatic carbocycles. The minimum Gasteiger partial charge on any atom is -0.496 e. The molecule has 1 aromatic carbocycles. The molecule has 2 aromatic heterocycles. The lowest BCUT2D eigenvalue weighted by Gasteiger charge is -2.54. The Morgan fingerprint density at radius 1 is 1.03 bits per heavy atom. The summed E-state index contributed by atoms with van der Waals surface area (Å²) in [6, 6.07) is 11.1. The Kier molecular flexibility index (Phi) is 5.94. The van der Waals surface area contributed by atoms with Gasteiger partial charge < -0.3 is 10.1 Å². The first-order valence-electron chi connectivity index (χ1n) is 12.2. The topological polar surface area (TPSA) is 47.0 Å². The monoisotopic (exact) mass is 461 g/mol. The Morgan fingerprint density at radius 2 is 1.79 bits per heavy atom. The fourth-order valence-corrected chi connectivity index (χ4v) is 6.73. The lowest BCUT2D eigenvalue weighted by atomic mass is 9.52. The molecule has 3 aliphatic rings. The van der Waals surface area contributed by atoms with Crippen LogP contribution in [0.15, 0.2) is 42.7 Å². The van der Waals surface area contributed by atoms with Gasteiger partial charge in [-0.1, -0.05) is 26.0 Å². The van der Waals surface area contributed by atoms with Crippen molar-refractivity contribution in [1.29, 1.82) is 0 Å². The van der Waals surface area contributed by atoms with E-state index >= 15 is 0 Å². The van der Waals surface area contributed by atoms with Gasteiger partial charge in [0.15, 0.2) is 0 Å². The predicted octanol–water partition coefficient (Wildman–Crippen LogP) is 7.35. The highest BCUT2D eigenvalue weighted by atomic mass is 32.1. The minimum absolute atomic E-state index is 0.358. The molecule has 2 heterocycles. The fraction of sp³-hybridized carbons (Fsp3) is 0.500. The minimum atomic E-state index is 0.358. The maximum Gasteiger partial charge on any atom is 0.126 e. The van der Waals surface area contributed by atoms with E-state index in [2.05, 4.69) is 66.4 Å². The number of aromatic nitrogens is 2. The van der Waals surface area contributed by atoms with Crippen LogP contribution in [0.2, 0.25) is 0 Å². The van der Waals surface area contributed by atoms with E-state index in [1.807, 2.05) is 12.4 Å². The summed E-state index contributed by atoms with van der Waals surface area (Å²) in [6.45, 7) is 7.57. The van der Waals surface area contributed by atoms with Gasteiger partial charge in [0.05, 0.1) is 17.0 Å². The first kappa shape index (κ1) is 22.4. The maximum absolute atomic E-state index is 5.48. The molecule has 0 spiro atoms. The summed E-state index contributed by atoms with van der Waals surface area (Å²) < 4.78 is 5.48. The number of hydrogen-bond donors (Lipinski definition) is 1. The van der Waals surface area contributed by atoms with Gasteiger partial charge in [-0.25, -0.2) is 9.97 Å². The van der Waals surface area contributed by atoms with Crippen molar-refractivity contribution in [3.63, 3.8) is 0 Å². The molecule has 5 heteroatoms. The van der Waals surface area contributed by atoms with Crippen LogP contribution in [-0.2, 0) is 5.41 Å². The highest BCUT2D eigenvalue weighted by Gasteiger charge is 2.49. The van der Waals surface area contributed by atoms with E-state index in [-0.39, 0.29) is 0 Å². The number of pyridine rings is 1. The van der Waals surface area contributed by atoms with Crippen molar-refractivity contribution in [2.24, 2.45) is 5.41 Å². The first-order valence-corrected chi connectivity index (χ1v) is 13.0. The van der Waals surface area contributed by atoms with Crippen LogP contribution in [0.4, 0.5) is 5.82 Å². The SMILES string of the molecule is COc1ccc(C23CCC(CNc4cc(-c5cnc(C(C)C)s5)ccn4)(CC2)CC3)cc1C. The molecule has 3 saturated carbocycles. The molecule has 0 radical (unpaired) electrons. The smallest absolute Gasteiger partial charge is 0.126 e. The van der Waals surface area contributed by atoms with Crippen molar-refractivity contribution in [3.05, 3.63) is 58.9 Å². The Hall–Kier alpha value is -2.40. The lowest BCUT2D eigenvalue weighted by Crippen LogP contribution is -2.47. The van der Waals surface area contributed by atoms with Gasteiger partial charge in [-0.3, -0.25) is 0 Å². The number of anilines is 1. The summed E-state index contributed by atoms with van der Waals surface area (Å²) in [5.74, 6) is 2.44. The zero-order valence-electron chi connectivity index (χ0n) is 20.3. The van der Waals surface area contributed by atoms with Gasteiger partial charge in [-0.05, 0) is 91.2 Å². The molecule has 3 aromatic rings. The molecule has 0 atom stereocenters. The number of hydrogen-bond acceptors (Lipinski definition) is 5. The summed E-state index contributed by atoms with van der Waals surface area (Å²) in [6.07, 6.45) is 11.6. The Morgan fingerprint density at radius 3 is 2.42 bits per heavy atom. The number of fused-ring (bicyclic) bond motifs is 3. The molecule has 4 nitrogen and oxygen atoms in total. The van der Waals surface area contributed by atoms with E-state index in [1.165, 1.54) is 65.1 Å². The molecular weight excluding hydrogens is 426 g/mol. The van der Waals surface area contributed by atoms with Crippen LogP contribution < -0.4 is 10.1 Å². The van der Waals surface area contributed by atoms with Crippen molar-refractivity contribution in [2.75, 3.05) is 19.0 Å². The largest absolute Gasteiger partial charge is 0.496 e. The number of benzene rings is 1. The summed E-state index contributed by atoms with van der Waals surface area (Å²) >= 11 is 1.79. The summed E-state index contributed by atoms with van der Waals surface area (Å²) in [7, 11) is 1.76. The van der Waals surface area contributed by atoms with Crippen LogP contribution in [0, 0.1) is 12.3 Å². The third kappa shape index (κ3) is 4.28. The van der Waals surface area contributed by atoms with E-state index in [0.717, 1.165) is 18.1 Å². The molecule has 1 N–H and O–H groups in total. The molecule has 0 aliphatic heterocycles. The first-order chi connectivity index (χ1) is 15.9. The number of thiazole rings is 1. The van der Waals surface area contributed by atoms with Crippen molar-refractivity contribution in [3.8, 4) is 16.2 Å². The van der Waals surface area contributed by atoms with Gasteiger partial charge in [-0.15, -0.1) is 11.3 Å². The van der Waals surface area contributed by atoms with Gasteiger partial charge in [0.2, 0.25) is 0 Å². The zero-order valence-corrected chi connectivity index (χ0v) is 21.1. The highest BCUT2D eigenvalue weighted by Crippen LogP contribution is 2.58. The highest BCUT2D eigenvalue weighted by molar-refractivity contribution is 7.15. The zero-order chi connectivity index (χ0) is 23.1. The van der Waals surface area contributed by atoms with E-state index in [1.54, 1.807) is 18.4 Å². The van der Waals surface area contributed by atoms with Crippen molar-refractivity contribution < 1.29 is 4.74 Å². The quantitative estimate of drug-likeness (QED) is 0.399. The van der Waals surface area contributed by atoms with E-state index in [0.29, 0.717) is 16.7 Å². The van der Waals surface area contributed by atoms with E-state index in [4.69, 9.17) is 4.74 Å². The second-order valence-electron chi connectivity index (χ2n) is 10.5. The molecule has 174 valence electrons. The van der Waals surface area contributed by atoms with Crippen LogP contribution in [0.5, 0.6) is 5.75 Å². The molecule has 0 saturated heterocycles. The van der Waals surface area contributed by atoms with E-state index < -0.39 is 0 Å². The number of aryl methyl sites for hydroxylation is 1. The Bertz CT molecular complexity index is 1110. The predicted molar refractivity (Wildman–Crippen MR) is 137 cm³/mol. The summed E-state index contributed by atoms with van der Waals surface area (Å²) in [5.41, 5.74) is 4.73. The normalized spacial score (nSPS) is 24.3. The van der Waals surface area contributed by atoms with Crippen LogP contribution in [0.25, 0.3) is 10.4 Å². The maximum atomic E-state index is 5.48. The van der Waals surface area contributed by atoms with Crippen molar-refractivity contribution in [1.82, 2.24) is 9.97 Å². The fourth-order valence-electron chi connectivity index (χ4n) is 5.82. The molecule has 0 amide bonds. The number of nitrogens with one attached hydrogen (secondary N) is 1. The number of ether oxygens (including phenoxy) is 1.